The zero-order valence-electron chi connectivity index (χ0n) is 11.0. The molecule has 0 unspecified atom stereocenters. The maximum atomic E-state index is 3.15. The van der Waals surface area contributed by atoms with Gasteiger partial charge < -0.3 is 5.32 Å². The van der Waals surface area contributed by atoms with Crippen molar-refractivity contribution in [1.82, 2.24) is 5.32 Å². The molecule has 0 aromatic heterocycles. The summed E-state index contributed by atoms with van der Waals surface area (Å²) in [4.78, 5) is 0. The molecule has 0 saturated heterocycles. The first-order valence-electron chi connectivity index (χ1n) is 6.29. The van der Waals surface area contributed by atoms with Gasteiger partial charge in [-0.3, -0.25) is 0 Å². The minimum atomic E-state index is 0.898. The third kappa shape index (κ3) is 2.88. The molecule has 1 nitrogen and oxygen atoms in total. The molecular weight excluding hydrogens is 218 g/mol. The molecule has 0 aliphatic carbocycles. The molecule has 0 amide bonds. The molecule has 0 heterocycles. The van der Waals surface area contributed by atoms with Crippen LogP contribution in [0.25, 0.3) is 16.7 Å². The second-order valence-electron chi connectivity index (χ2n) is 4.36. The van der Waals surface area contributed by atoms with Crippen LogP contribution in [0.15, 0.2) is 60.7 Å². The molecule has 0 spiro atoms. The molecule has 2 aromatic carbocycles. The fraction of sp³-hybridized carbons (Fsp3) is 0.176. The van der Waals surface area contributed by atoms with Gasteiger partial charge in [-0.05, 0) is 36.2 Å². The average Bonchev–Trinajstić information content (AvgIpc) is 2.45. The molecular formula is C17H19N. The van der Waals surface area contributed by atoms with E-state index >= 15 is 0 Å². The molecule has 92 valence electrons. The van der Waals surface area contributed by atoms with Gasteiger partial charge in [-0.15, -0.1) is 0 Å². The third-order valence-corrected chi connectivity index (χ3v) is 3.05. The van der Waals surface area contributed by atoms with Crippen molar-refractivity contribution in [3.8, 4) is 11.1 Å². The highest BCUT2D eigenvalue weighted by atomic mass is 14.8. The van der Waals surface area contributed by atoms with Crippen LogP contribution in [0.3, 0.4) is 0 Å². The summed E-state index contributed by atoms with van der Waals surface area (Å²) in [5, 5.41) is 3.15. The van der Waals surface area contributed by atoms with E-state index in [-0.39, 0.29) is 0 Å². The van der Waals surface area contributed by atoms with E-state index in [4.69, 9.17) is 0 Å². The second-order valence-corrected chi connectivity index (χ2v) is 4.36. The predicted octanol–water partition coefficient (Wildman–Crippen LogP) is 3.98. The largest absolute Gasteiger partial charge is 0.316 e. The number of hydrogen-bond acceptors (Lipinski definition) is 1. The van der Waals surface area contributed by atoms with E-state index in [9.17, 15) is 0 Å². The van der Waals surface area contributed by atoms with E-state index in [2.05, 4.69) is 72.9 Å². The normalized spacial score (nSPS) is 11.6. The van der Waals surface area contributed by atoms with E-state index in [1.165, 1.54) is 22.3 Å². The highest BCUT2D eigenvalue weighted by molar-refractivity contribution is 5.80. The Bertz CT molecular complexity index is 526. The van der Waals surface area contributed by atoms with Crippen LogP contribution < -0.4 is 5.32 Å². The van der Waals surface area contributed by atoms with E-state index in [0.29, 0.717) is 0 Å². The molecule has 2 rings (SSSR count). The van der Waals surface area contributed by atoms with Gasteiger partial charge in [0.2, 0.25) is 0 Å². The Morgan fingerprint density at radius 1 is 1.00 bits per heavy atom. The van der Waals surface area contributed by atoms with Crippen LogP contribution >= 0.6 is 0 Å². The van der Waals surface area contributed by atoms with Crippen molar-refractivity contribution in [2.75, 3.05) is 13.6 Å². The van der Waals surface area contributed by atoms with Gasteiger partial charge >= 0.3 is 0 Å². The lowest BCUT2D eigenvalue weighted by atomic mass is 9.95. The second kappa shape index (κ2) is 6.18. The van der Waals surface area contributed by atoms with Crippen LogP contribution in [-0.2, 0) is 0 Å². The Kier molecular flexibility index (Phi) is 4.32. The predicted molar refractivity (Wildman–Crippen MR) is 79.5 cm³/mol. The molecule has 18 heavy (non-hydrogen) atoms. The van der Waals surface area contributed by atoms with E-state index < -0.39 is 0 Å². The monoisotopic (exact) mass is 237 g/mol. The summed E-state index contributed by atoms with van der Waals surface area (Å²) in [6.07, 6.45) is 2.22. The molecule has 0 radical (unpaired) electrons. The summed E-state index contributed by atoms with van der Waals surface area (Å²) in [6.45, 7) is 3.06. The van der Waals surface area contributed by atoms with Crippen molar-refractivity contribution in [3.63, 3.8) is 0 Å². The molecule has 0 fully saturated rings. The number of hydrogen-bond donors (Lipinski definition) is 1. The Labute approximate surface area is 109 Å². The standard InChI is InChI=1S/C17H19N/c1-14(12-13-18-2)16-10-6-7-11-17(16)15-8-4-3-5-9-15/h3-12,18H,13H2,1-2H3. The molecule has 0 bridgehead atoms. The summed E-state index contributed by atoms with van der Waals surface area (Å²) in [5.41, 5.74) is 5.18. The minimum Gasteiger partial charge on any atom is -0.316 e. The third-order valence-electron chi connectivity index (χ3n) is 3.05. The number of allylic oxidation sites excluding steroid dienone is 1. The van der Waals surface area contributed by atoms with Crippen molar-refractivity contribution < 1.29 is 0 Å². The van der Waals surface area contributed by atoms with E-state index in [1.54, 1.807) is 0 Å². The Morgan fingerprint density at radius 3 is 2.39 bits per heavy atom. The summed E-state index contributed by atoms with van der Waals surface area (Å²) < 4.78 is 0. The van der Waals surface area contributed by atoms with Gasteiger partial charge in [-0.1, -0.05) is 60.7 Å². The van der Waals surface area contributed by atoms with E-state index in [1.807, 2.05) is 7.05 Å². The lowest BCUT2D eigenvalue weighted by Crippen LogP contribution is -2.04. The van der Waals surface area contributed by atoms with Crippen LogP contribution in [0.2, 0.25) is 0 Å². The zero-order chi connectivity index (χ0) is 12.8. The maximum absolute atomic E-state index is 3.15. The van der Waals surface area contributed by atoms with Gasteiger partial charge in [0.1, 0.15) is 0 Å². The highest BCUT2D eigenvalue weighted by Crippen LogP contribution is 2.28. The van der Waals surface area contributed by atoms with E-state index in [0.717, 1.165) is 6.54 Å². The number of nitrogens with one attached hydrogen (secondary N) is 1. The summed E-state index contributed by atoms with van der Waals surface area (Å²) in [6, 6.07) is 19.1. The first-order chi connectivity index (χ1) is 8.83. The Balaban J connectivity index is 2.44. The molecule has 0 aliphatic heterocycles. The lowest BCUT2D eigenvalue weighted by molar-refractivity contribution is 0.920. The summed E-state index contributed by atoms with van der Waals surface area (Å²) in [7, 11) is 1.97. The first kappa shape index (κ1) is 12.6. The van der Waals surface area contributed by atoms with Crippen LogP contribution in [0.4, 0.5) is 0 Å². The van der Waals surface area contributed by atoms with Crippen molar-refractivity contribution in [1.29, 1.82) is 0 Å². The van der Waals surface area contributed by atoms with Gasteiger partial charge in [-0.2, -0.15) is 0 Å². The van der Waals surface area contributed by atoms with Crippen LogP contribution in [0.5, 0.6) is 0 Å². The molecule has 2 aromatic rings. The topological polar surface area (TPSA) is 12.0 Å². The quantitative estimate of drug-likeness (QED) is 0.848. The lowest BCUT2D eigenvalue weighted by Gasteiger charge is -2.10. The average molecular weight is 237 g/mol. The summed E-state index contributed by atoms with van der Waals surface area (Å²) >= 11 is 0. The van der Waals surface area contributed by atoms with Crippen LogP contribution in [0, 0.1) is 0 Å². The minimum absolute atomic E-state index is 0.898. The summed E-state index contributed by atoms with van der Waals surface area (Å²) in [5.74, 6) is 0. The Hall–Kier alpha value is -1.86. The van der Waals surface area contributed by atoms with Gasteiger partial charge in [0.05, 0.1) is 0 Å². The number of rotatable bonds is 4. The molecule has 1 N–H and O–H groups in total. The van der Waals surface area contributed by atoms with Crippen molar-refractivity contribution in [3.05, 3.63) is 66.2 Å². The maximum Gasteiger partial charge on any atom is 0.0137 e. The molecule has 0 aliphatic rings. The number of benzene rings is 2. The van der Waals surface area contributed by atoms with Crippen LogP contribution in [-0.4, -0.2) is 13.6 Å². The first-order valence-corrected chi connectivity index (χ1v) is 6.29. The smallest absolute Gasteiger partial charge is 0.0137 e. The van der Waals surface area contributed by atoms with Crippen molar-refractivity contribution in [2.45, 2.75) is 6.92 Å². The van der Waals surface area contributed by atoms with Gasteiger partial charge in [-0.25, -0.2) is 0 Å². The molecule has 0 atom stereocenters. The molecule has 1 heteroatoms. The zero-order valence-corrected chi connectivity index (χ0v) is 11.0. The highest BCUT2D eigenvalue weighted by Gasteiger charge is 2.04. The fourth-order valence-electron chi connectivity index (χ4n) is 2.06. The van der Waals surface area contributed by atoms with Gasteiger partial charge in [0.15, 0.2) is 0 Å². The van der Waals surface area contributed by atoms with Crippen molar-refractivity contribution in [2.24, 2.45) is 0 Å². The fourth-order valence-corrected chi connectivity index (χ4v) is 2.06. The van der Waals surface area contributed by atoms with Gasteiger partial charge in [0, 0.05) is 6.54 Å². The number of likely N-dealkylation sites (N-methyl/N-ethyl adjacent to an activating group) is 1. The van der Waals surface area contributed by atoms with Crippen LogP contribution in [0.1, 0.15) is 12.5 Å². The SMILES string of the molecule is CNCC=C(C)c1ccccc1-c1ccccc1. The van der Waals surface area contributed by atoms with Gasteiger partial charge in [0.25, 0.3) is 0 Å². The molecule has 0 saturated carbocycles. The van der Waals surface area contributed by atoms with Crippen molar-refractivity contribution >= 4 is 5.57 Å². The Morgan fingerprint density at radius 2 is 1.67 bits per heavy atom.